The molecule has 1 heterocycles. The van der Waals surface area contributed by atoms with Crippen LogP contribution in [0.2, 0.25) is 0 Å². The molecule has 0 bridgehead atoms. The molecule has 106 valence electrons. The van der Waals surface area contributed by atoms with Crippen LogP contribution in [0.25, 0.3) is 0 Å². The van der Waals surface area contributed by atoms with E-state index in [9.17, 15) is 9.59 Å². The Kier molecular flexibility index (Phi) is 6.41. The smallest absolute Gasteiger partial charge is 0.356 e. The van der Waals surface area contributed by atoms with Crippen molar-refractivity contribution < 1.29 is 19.1 Å². The second kappa shape index (κ2) is 7.83. The first kappa shape index (κ1) is 15.6. The molecule has 19 heavy (non-hydrogen) atoms. The van der Waals surface area contributed by atoms with Gasteiger partial charge in [-0.3, -0.25) is 4.79 Å². The van der Waals surface area contributed by atoms with Crippen molar-refractivity contribution in [2.45, 2.75) is 25.9 Å². The number of aromatic amines is 1. The minimum absolute atomic E-state index is 0.155. The number of thioether (sulfide) groups is 1. The molecular formula is C12H18N2O4S. The van der Waals surface area contributed by atoms with Crippen molar-refractivity contribution in [3.8, 4) is 0 Å². The fourth-order valence-corrected chi connectivity index (χ4v) is 1.76. The molecule has 6 nitrogen and oxygen atoms in total. The summed E-state index contributed by atoms with van der Waals surface area (Å²) in [7, 11) is 0. The number of ether oxygens (including phenoxy) is 2. The number of carbonyl (C=O) groups excluding carboxylic acids is 2. The van der Waals surface area contributed by atoms with Crippen LogP contribution in [0.1, 0.15) is 31.3 Å². The number of rotatable bonds is 7. The molecule has 0 aliphatic carbocycles. The van der Waals surface area contributed by atoms with Gasteiger partial charge in [0.25, 0.3) is 0 Å². The summed E-state index contributed by atoms with van der Waals surface area (Å²) in [6.45, 7) is 6.39. The van der Waals surface area contributed by atoms with Gasteiger partial charge in [0.15, 0.2) is 5.16 Å². The van der Waals surface area contributed by atoms with E-state index in [-0.39, 0.29) is 17.4 Å². The Morgan fingerprint density at radius 3 is 2.79 bits per heavy atom. The second-order valence-electron chi connectivity index (χ2n) is 4.19. The molecule has 0 fully saturated rings. The zero-order chi connectivity index (χ0) is 14.3. The summed E-state index contributed by atoms with van der Waals surface area (Å²) in [5, 5.41) is 0.490. The number of nitrogens with zero attached hydrogens (tertiary/aromatic N) is 1. The monoisotopic (exact) mass is 286 g/mol. The van der Waals surface area contributed by atoms with E-state index in [1.165, 1.54) is 18.0 Å². The molecule has 0 radical (unpaired) electrons. The second-order valence-corrected chi connectivity index (χ2v) is 5.15. The van der Waals surface area contributed by atoms with Gasteiger partial charge < -0.3 is 14.5 Å². The Morgan fingerprint density at radius 1 is 1.42 bits per heavy atom. The first-order valence-electron chi connectivity index (χ1n) is 6.03. The Balaban J connectivity index is 2.37. The maximum absolute atomic E-state index is 11.4. The lowest BCUT2D eigenvalue weighted by molar-refractivity contribution is -0.141. The third-order valence-corrected chi connectivity index (χ3v) is 2.81. The van der Waals surface area contributed by atoms with Crippen LogP contribution in [0.4, 0.5) is 0 Å². The molecule has 0 aliphatic heterocycles. The van der Waals surface area contributed by atoms with Crippen molar-refractivity contribution in [3.63, 3.8) is 0 Å². The first-order valence-corrected chi connectivity index (χ1v) is 7.02. The summed E-state index contributed by atoms with van der Waals surface area (Å²) < 4.78 is 9.85. The molecule has 7 heteroatoms. The fraction of sp³-hybridized carbons (Fsp3) is 0.583. The fourth-order valence-electron chi connectivity index (χ4n) is 1.12. The minimum atomic E-state index is -0.454. The molecule has 0 unspecified atom stereocenters. The average Bonchev–Trinajstić information content (AvgIpc) is 2.83. The van der Waals surface area contributed by atoms with Crippen LogP contribution in [0.5, 0.6) is 0 Å². The van der Waals surface area contributed by atoms with Crippen molar-refractivity contribution in [1.29, 1.82) is 0 Å². The summed E-state index contributed by atoms with van der Waals surface area (Å²) in [5.41, 5.74) is 0.278. The van der Waals surface area contributed by atoms with E-state index in [1.807, 2.05) is 13.8 Å². The summed E-state index contributed by atoms with van der Waals surface area (Å²) in [5.74, 6) is -0.285. The van der Waals surface area contributed by atoms with Crippen LogP contribution in [0, 0.1) is 5.92 Å². The van der Waals surface area contributed by atoms with Gasteiger partial charge in [0, 0.05) is 0 Å². The lowest BCUT2D eigenvalue weighted by atomic mass is 10.2. The molecule has 0 saturated carbocycles. The van der Waals surface area contributed by atoms with Crippen LogP contribution in [-0.4, -0.2) is 40.9 Å². The Labute approximate surface area is 116 Å². The Morgan fingerprint density at radius 2 is 2.16 bits per heavy atom. The molecular weight excluding hydrogens is 268 g/mol. The predicted molar refractivity (Wildman–Crippen MR) is 71.1 cm³/mol. The van der Waals surface area contributed by atoms with Crippen LogP contribution in [0.15, 0.2) is 11.4 Å². The highest BCUT2D eigenvalue weighted by atomic mass is 32.2. The third kappa shape index (κ3) is 5.78. The Bertz CT molecular complexity index is 431. The molecule has 0 amide bonds. The molecule has 1 N–H and O–H groups in total. The van der Waals surface area contributed by atoms with E-state index in [0.717, 1.165) is 0 Å². The Hall–Kier alpha value is -1.50. The van der Waals surface area contributed by atoms with Crippen molar-refractivity contribution in [2.24, 2.45) is 5.92 Å². The normalized spacial score (nSPS) is 10.5. The van der Waals surface area contributed by atoms with Gasteiger partial charge in [-0.15, -0.1) is 0 Å². The molecule has 1 aromatic rings. The van der Waals surface area contributed by atoms with Crippen LogP contribution in [0.3, 0.4) is 0 Å². The standard InChI is InChI=1S/C12H18N2O4S/c1-4-17-11(16)9-5-13-12(14-9)19-7-10(15)18-6-8(2)3/h5,8H,4,6-7H2,1-3H3,(H,13,14). The number of esters is 2. The van der Waals surface area contributed by atoms with Gasteiger partial charge in [-0.1, -0.05) is 25.6 Å². The molecule has 0 atom stereocenters. The number of hydrogen-bond donors (Lipinski definition) is 1. The number of imidazole rings is 1. The molecule has 0 saturated heterocycles. The average molecular weight is 286 g/mol. The summed E-state index contributed by atoms with van der Waals surface area (Å²) >= 11 is 1.19. The molecule has 0 aliphatic rings. The SMILES string of the molecule is CCOC(=O)c1cnc(SCC(=O)OCC(C)C)[nH]1. The van der Waals surface area contributed by atoms with Crippen molar-refractivity contribution in [3.05, 3.63) is 11.9 Å². The van der Waals surface area contributed by atoms with E-state index < -0.39 is 5.97 Å². The topological polar surface area (TPSA) is 81.3 Å². The van der Waals surface area contributed by atoms with Gasteiger partial charge >= 0.3 is 11.9 Å². The molecule has 0 spiro atoms. The zero-order valence-corrected chi connectivity index (χ0v) is 12.1. The lowest BCUT2D eigenvalue weighted by Crippen LogP contribution is -2.11. The highest BCUT2D eigenvalue weighted by Gasteiger charge is 2.12. The van der Waals surface area contributed by atoms with Gasteiger partial charge in [0.05, 0.1) is 25.2 Å². The number of carbonyl (C=O) groups is 2. The summed E-state index contributed by atoms with van der Waals surface area (Å²) in [6, 6.07) is 0. The highest BCUT2D eigenvalue weighted by Crippen LogP contribution is 2.14. The van der Waals surface area contributed by atoms with E-state index in [2.05, 4.69) is 9.97 Å². The van der Waals surface area contributed by atoms with Crippen molar-refractivity contribution in [2.75, 3.05) is 19.0 Å². The predicted octanol–water partition coefficient (Wildman–Crippen LogP) is 1.88. The number of aromatic nitrogens is 2. The summed E-state index contributed by atoms with van der Waals surface area (Å²) in [6.07, 6.45) is 1.39. The van der Waals surface area contributed by atoms with E-state index in [0.29, 0.717) is 24.3 Å². The highest BCUT2D eigenvalue weighted by molar-refractivity contribution is 7.99. The van der Waals surface area contributed by atoms with E-state index >= 15 is 0 Å². The first-order chi connectivity index (χ1) is 9.02. The quantitative estimate of drug-likeness (QED) is 0.609. The molecule has 1 aromatic heterocycles. The number of hydrogen-bond acceptors (Lipinski definition) is 6. The van der Waals surface area contributed by atoms with Gasteiger partial charge in [-0.2, -0.15) is 0 Å². The maximum Gasteiger partial charge on any atom is 0.356 e. The zero-order valence-electron chi connectivity index (χ0n) is 11.3. The van der Waals surface area contributed by atoms with Crippen molar-refractivity contribution in [1.82, 2.24) is 9.97 Å². The van der Waals surface area contributed by atoms with E-state index in [4.69, 9.17) is 9.47 Å². The lowest BCUT2D eigenvalue weighted by Gasteiger charge is -2.05. The van der Waals surface area contributed by atoms with Crippen LogP contribution < -0.4 is 0 Å². The largest absolute Gasteiger partial charge is 0.465 e. The third-order valence-electron chi connectivity index (χ3n) is 1.95. The molecule has 0 aromatic carbocycles. The van der Waals surface area contributed by atoms with Crippen LogP contribution >= 0.6 is 11.8 Å². The van der Waals surface area contributed by atoms with E-state index in [1.54, 1.807) is 6.92 Å². The number of nitrogens with one attached hydrogen (secondary N) is 1. The van der Waals surface area contributed by atoms with Gasteiger partial charge in [0.1, 0.15) is 5.69 Å². The van der Waals surface area contributed by atoms with Gasteiger partial charge in [0.2, 0.25) is 0 Å². The number of H-pyrrole nitrogens is 1. The van der Waals surface area contributed by atoms with Gasteiger partial charge in [-0.05, 0) is 12.8 Å². The molecule has 1 rings (SSSR count). The van der Waals surface area contributed by atoms with Gasteiger partial charge in [-0.25, -0.2) is 9.78 Å². The van der Waals surface area contributed by atoms with Crippen LogP contribution in [-0.2, 0) is 14.3 Å². The van der Waals surface area contributed by atoms with Crippen molar-refractivity contribution >= 4 is 23.7 Å². The minimum Gasteiger partial charge on any atom is -0.465 e. The maximum atomic E-state index is 11.4. The summed E-state index contributed by atoms with van der Waals surface area (Å²) in [4.78, 5) is 29.5.